The van der Waals surface area contributed by atoms with Crippen LogP contribution in [0.1, 0.15) is 21.3 Å². The normalized spacial score (nSPS) is 17.5. The summed E-state index contributed by atoms with van der Waals surface area (Å²) >= 11 is 1.23. The van der Waals surface area contributed by atoms with Crippen LogP contribution in [0.2, 0.25) is 0 Å². The van der Waals surface area contributed by atoms with Gasteiger partial charge in [-0.1, -0.05) is 24.3 Å². The SMILES string of the molecule is C=CCN1C(=O)C(O)=C(C(=O)c2cccs2)[C@@H]1c1ccc(F)cc1. The van der Waals surface area contributed by atoms with Crippen LogP contribution in [-0.4, -0.2) is 28.2 Å². The van der Waals surface area contributed by atoms with E-state index in [-0.39, 0.29) is 12.1 Å². The molecule has 24 heavy (non-hydrogen) atoms. The number of Topliss-reactive ketones (excluding diaryl/α,β-unsaturated/α-hetero) is 1. The highest BCUT2D eigenvalue weighted by atomic mass is 32.1. The van der Waals surface area contributed by atoms with Crippen molar-refractivity contribution < 1.29 is 19.1 Å². The molecule has 0 fully saturated rings. The molecular weight excluding hydrogens is 329 g/mol. The first-order chi connectivity index (χ1) is 11.5. The van der Waals surface area contributed by atoms with Crippen molar-refractivity contribution in [3.63, 3.8) is 0 Å². The Bertz CT molecular complexity index is 824. The molecule has 3 rings (SSSR count). The first-order valence-electron chi connectivity index (χ1n) is 7.23. The van der Waals surface area contributed by atoms with Crippen LogP contribution in [0.15, 0.2) is 65.8 Å². The van der Waals surface area contributed by atoms with E-state index in [9.17, 15) is 19.1 Å². The minimum Gasteiger partial charge on any atom is -0.503 e. The molecule has 1 amide bonds. The molecule has 0 aliphatic carbocycles. The van der Waals surface area contributed by atoms with E-state index >= 15 is 0 Å². The predicted molar refractivity (Wildman–Crippen MR) is 89.4 cm³/mol. The maximum Gasteiger partial charge on any atom is 0.290 e. The number of amides is 1. The van der Waals surface area contributed by atoms with Crippen molar-refractivity contribution in [3.8, 4) is 0 Å². The lowest BCUT2D eigenvalue weighted by Crippen LogP contribution is -2.31. The highest BCUT2D eigenvalue weighted by molar-refractivity contribution is 7.12. The van der Waals surface area contributed by atoms with Gasteiger partial charge in [0.2, 0.25) is 5.78 Å². The first-order valence-corrected chi connectivity index (χ1v) is 8.11. The second-order valence-electron chi connectivity index (χ2n) is 5.27. The van der Waals surface area contributed by atoms with Crippen molar-refractivity contribution in [1.29, 1.82) is 0 Å². The summed E-state index contributed by atoms with van der Waals surface area (Å²) in [5.74, 6) is -2.02. The molecule has 1 aromatic carbocycles. The number of aliphatic hydroxyl groups excluding tert-OH is 1. The van der Waals surface area contributed by atoms with Crippen molar-refractivity contribution in [2.75, 3.05) is 6.54 Å². The van der Waals surface area contributed by atoms with Crippen molar-refractivity contribution >= 4 is 23.0 Å². The number of ketones is 1. The van der Waals surface area contributed by atoms with Crippen molar-refractivity contribution in [2.45, 2.75) is 6.04 Å². The molecular formula is C18H14FNO3S. The van der Waals surface area contributed by atoms with E-state index in [4.69, 9.17) is 0 Å². The van der Waals surface area contributed by atoms with Crippen LogP contribution in [0.25, 0.3) is 0 Å². The number of hydrogen-bond acceptors (Lipinski definition) is 4. The predicted octanol–water partition coefficient (Wildman–Crippen LogP) is 3.65. The number of carbonyl (C=O) groups is 2. The van der Waals surface area contributed by atoms with Crippen LogP contribution >= 0.6 is 11.3 Å². The van der Waals surface area contributed by atoms with Gasteiger partial charge in [0, 0.05) is 6.54 Å². The highest BCUT2D eigenvalue weighted by Crippen LogP contribution is 2.39. The number of rotatable bonds is 5. The van der Waals surface area contributed by atoms with Gasteiger partial charge in [0.25, 0.3) is 5.91 Å². The van der Waals surface area contributed by atoms with Gasteiger partial charge in [0.15, 0.2) is 5.76 Å². The Morgan fingerprint density at radius 1 is 1.33 bits per heavy atom. The van der Waals surface area contributed by atoms with E-state index < -0.39 is 29.3 Å². The standard InChI is InChI=1S/C18H14FNO3S/c1-2-9-20-15(11-5-7-12(19)8-6-11)14(17(22)18(20)23)16(21)13-4-3-10-24-13/h2-8,10,15,22H,1,9H2/t15-/m0/s1. The average molecular weight is 343 g/mol. The Hall–Kier alpha value is -2.73. The van der Waals surface area contributed by atoms with Crippen molar-refractivity contribution in [3.05, 3.63) is 82.0 Å². The molecule has 2 aromatic rings. The van der Waals surface area contributed by atoms with Crippen molar-refractivity contribution in [2.24, 2.45) is 0 Å². The molecule has 0 bridgehead atoms. The summed E-state index contributed by atoms with van der Waals surface area (Å²) in [7, 11) is 0. The lowest BCUT2D eigenvalue weighted by Gasteiger charge is -2.25. The molecule has 0 saturated carbocycles. The molecule has 4 nitrogen and oxygen atoms in total. The van der Waals surface area contributed by atoms with Crippen LogP contribution in [0.4, 0.5) is 4.39 Å². The Balaban J connectivity index is 2.11. The number of hydrogen-bond donors (Lipinski definition) is 1. The summed E-state index contributed by atoms with van der Waals surface area (Å²) in [6.07, 6.45) is 1.51. The quantitative estimate of drug-likeness (QED) is 0.666. The van der Waals surface area contributed by atoms with E-state index in [1.165, 1.54) is 46.6 Å². The monoisotopic (exact) mass is 343 g/mol. The van der Waals surface area contributed by atoms with Gasteiger partial charge in [-0.15, -0.1) is 17.9 Å². The van der Waals surface area contributed by atoms with Gasteiger partial charge in [0.1, 0.15) is 5.82 Å². The first kappa shape index (κ1) is 16.1. The minimum atomic E-state index is -0.773. The summed E-state index contributed by atoms with van der Waals surface area (Å²) in [5.41, 5.74) is 0.562. The summed E-state index contributed by atoms with van der Waals surface area (Å²) in [4.78, 5) is 26.9. The molecule has 1 aromatic heterocycles. The molecule has 0 radical (unpaired) electrons. The smallest absolute Gasteiger partial charge is 0.290 e. The Morgan fingerprint density at radius 2 is 2.04 bits per heavy atom. The van der Waals surface area contributed by atoms with Crippen LogP contribution in [0.3, 0.4) is 0 Å². The lowest BCUT2D eigenvalue weighted by molar-refractivity contribution is -0.128. The van der Waals surface area contributed by atoms with Crippen LogP contribution in [0.5, 0.6) is 0 Å². The molecule has 6 heteroatoms. The van der Waals surface area contributed by atoms with Crippen LogP contribution in [0, 0.1) is 5.82 Å². The third-order valence-electron chi connectivity index (χ3n) is 3.80. The summed E-state index contributed by atoms with van der Waals surface area (Å²) in [6, 6.07) is 8.11. The minimum absolute atomic E-state index is 0.0101. The number of nitrogens with zero attached hydrogens (tertiary/aromatic N) is 1. The zero-order valence-corrected chi connectivity index (χ0v) is 13.4. The summed E-state index contributed by atoms with van der Waals surface area (Å²) in [6.45, 7) is 3.77. The molecule has 0 saturated heterocycles. The molecule has 1 aliphatic rings. The Labute approximate surface area is 142 Å². The van der Waals surface area contributed by atoms with Gasteiger partial charge in [-0.3, -0.25) is 9.59 Å². The zero-order chi connectivity index (χ0) is 17.3. The second-order valence-corrected chi connectivity index (χ2v) is 6.22. The van der Waals surface area contributed by atoms with E-state index in [1.807, 2.05) is 0 Å². The summed E-state index contributed by atoms with van der Waals surface area (Å²) < 4.78 is 13.2. The number of carbonyl (C=O) groups excluding carboxylic acids is 2. The maximum absolute atomic E-state index is 13.2. The van der Waals surface area contributed by atoms with Crippen molar-refractivity contribution in [1.82, 2.24) is 4.90 Å². The Kier molecular flexibility index (Phi) is 4.31. The van der Waals surface area contributed by atoms with Gasteiger partial charge in [-0.05, 0) is 29.1 Å². The number of benzene rings is 1. The highest BCUT2D eigenvalue weighted by Gasteiger charge is 2.43. The fourth-order valence-corrected chi connectivity index (χ4v) is 3.42. The third kappa shape index (κ3) is 2.65. The molecule has 0 spiro atoms. The Morgan fingerprint density at radius 3 is 2.62 bits per heavy atom. The van der Waals surface area contributed by atoms with Crippen LogP contribution < -0.4 is 0 Å². The van der Waals surface area contributed by atoms with Gasteiger partial charge >= 0.3 is 0 Å². The van der Waals surface area contributed by atoms with Gasteiger partial charge < -0.3 is 10.0 Å². The summed E-state index contributed by atoms with van der Waals surface area (Å²) in [5, 5.41) is 12.0. The molecule has 0 unspecified atom stereocenters. The van der Waals surface area contributed by atoms with Gasteiger partial charge in [0.05, 0.1) is 16.5 Å². The molecule has 1 aliphatic heterocycles. The van der Waals surface area contributed by atoms with E-state index in [1.54, 1.807) is 17.5 Å². The average Bonchev–Trinajstić information content (AvgIpc) is 3.19. The fourth-order valence-electron chi connectivity index (χ4n) is 2.75. The second kappa shape index (κ2) is 6.41. The topological polar surface area (TPSA) is 57.6 Å². The van der Waals surface area contributed by atoms with E-state index in [2.05, 4.69) is 6.58 Å². The molecule has 1 atom stereocenters. The maximum atomic E-state index is 13.2. The molecule has 1 N–H and O–H groups in total. The molecule has 2 heterocycles. The van der Waals surface area contributed by atoms with E-state index in [0.29, 0.717) is 10.4 Å². The number of aliphatic hydroxyl groups is 1. The number of halogens is 1. The molecule has 122 valence electrons. The third-order valence-corrected chi connectivity index (χ3v) is 4.67. The van der Waals surface area contributed by atoms with Gasteiger partial charge in [-0.25, -0.2) is 4.39 Å². The zero-order valence-electron chi connectivity index (χ0n) is 12.6. The van der Waals surface area contributed by atoms with Gasteiger partial charge in [-0.2, -0.15) is 0 Å². The fraction of sp³-hybridized carbons (Fsp3) is 0.111. The van der Waals surface area contributed by atoms with Crippen LogP contribution in [-0.2, 0) is 4.79 Å². The largest absolute Gasteiger partial charge is 0.503 e. The number of thiophene rings is 1. The lowest BCUT2D eigenvalue weighted by atomic mass is 9.95. The van der Waals surface area contributed by atoms with E-state index in [0.717, 1.165) is 0 Å².